The van der Waals surface area contributed by atoms with Crippen molar-refractivity contribution in [3.8, 4) is 0 Å². The molecule has 1 amide bonds. The van der Waals surface area contributed by atoms with Crippen LogP contribution in [0.15, 0.2) is 28.7 Å². The number of nitrogens with zero attached hydrogens (tertiary/aromatic N) is 3. The lowest BCUT2D eigenvalue weighted by atomic mass is 9.96. The first-order valence-electron chi connectivity index (χ1n) is 8.56. The third kappa shape index (κ3) is 4.37. The van der Waals surface area contributed by atoms with Gasteiger partial charge in [0.2, 0.25) is 11.9 Å². The number of nitrogens with one attached hydrogen (secondary N) is 1. The molecule has 0 atom stereocenters. The summed E-state index contributed by atoms with van der Waals surface area (Å²) in [7, 11) is 0. The van der Waals surface area contributed by atoms with Crippen LogP contribution in [0, 0.1) is 26.7 Å². The van der Waals surface area contributed by atoms with E-state index in [1.165, 1.54) is 0 Å². The Kier molecular flexibility index (Phi) is 5.37. The molecule has 0 radical (unpaired) electrons. The van der Waals surface area contributed by atoms with Gasteiger partial charge < -0.3 is 10.2 Å². The molecular weight excluding hydrogens is 380 g/mol. The summed E-state index contributed by atoms with van der Waals surface area (Å²) in [6.07, 6.45) is 1.63. The van der Waals surface area contributed by atoms with Gasteiger partial charge in [0.1, 0.15) is 0 Å². The Labute approximate surface area is 157 Å². The second kappa shape index (κ2) is 7.52. The molecule has 132 valence electrons. The van der Waals surface area contributed by atoms with Crippen molar-refractivity contribution >= 4 is 33.5 Å². The molecule has 0 unspecified atom stereocenters. The lowest BCUT2D eigenvalue weighted by molar-refractivity contribution is -0.120. The standard InChI is InChI=1S/C19H23BrN4O/c1-12-10-16(4-5-17(12)20)23-18(25)15-6-8-24(9-7-15)19-21-13(2)11-14(3)22-19/h4-5,10-11,15H,6-9H2,1-3H3,(H,23,25). The van der Waals surface area contributed by atoms with Gasteiger partial charge in [-0.3, -0.25) is 4.79 Å². The van der Waals surface area contributed by atoms with Crippen LogP contribution >= 0.6 is 15.9 Å². The highest BCUT2D eigenvalue weighted by Crippen LogP contribution is 2.24. The third-order valence-electron chi connectivity index (χ3n) is 4.54. The van der Waals surface area contributed by atoms with E-state index in [1.54, 1.807) is 0 Å². The predicted molar refractivity (Wildman–Crippen MR) is 104 cm³/mol. The number of hydrogen-bond donors (Lipinski definition) is 1. The van der Waals surface area contributed by atoms with Gasteiger partial charge in [-0.25, -0.2) is 9.97 Å². The van der Waals surface area contributed by atoms with E-state index in [9.17, 15) is 4.79 Å². The van der Waals surface area contributed by atoms with Crippen molar-refractivity contribution < 1.29 is 4.79 Å². The minimum atomic E-state index is 0.0334. The number of anilines is 2. The van der Waals surface area contributed by atoms with Gasteiger partial charge in [-0.15, -0.1) is 0 Å². The smallest absolute Gasteiger partial charge is 0.227 e. The summed E-state index contributed by atoms with van der Waals surface area (Å²) >= 11 is 3.48. The van der Waals surface area contributed by atoms with Gasteiger partial charge in [0.05, 0.1) is 0 Å². The van der Waals surface area contributed by atoms with Gasteiger partial charge in [0, 0.05) is 40.6 Å². The molecule has 25 heavy (non-hydrogen) atoms. The van der Waals surface area contributed by atoms with Crippen LogP contribution < -0.4 is 10.2 Å². The minimum absolute atomic E-state index is 0.0334. The highest BCUT2D eigenvalue weighted by Gasteiger charge is 2.26. The topological polar surface area (TPSA) is 58.1 Å². The fourth-order valence-corrected chi connectivity index (χ4v) is 3.40. The highest BCUT2D eigenvalue weighted by molar-refractivity contribution is 9.10. The molecule has 1 aromatic carbocycles. The van der Waals surface area contributed by atoms with E-state index < -0.39 is 0 Å². The van der Waals surface area contributed by atoms with Gasteiger partial charge in [-0.1, -0.05) is 15.9 Å². The molecule has 1 N–H and O–H groups in total. The lowest BCUT2D eigenvalue weighted by Gasteiger charge is -2.31. The van der Waals surface area contributed by atoms with Crippen LogP contribution in [0.25, 0.3) is 0 Å². The van der Waals surface area contributed by atoms with E-state index in [1.807, 2.05) is 45.0 Å². The van der Waals surface area contributed by atoms with E-state index in [0.717, 1.165) is 59.0 Å². The molecule has 1 aromatic heterocycles. The molecule has 2 aromatic rings. The molecule has 3 rings (SSSR count). The molecule has 0 aliphatic carbocycles. The molecule has 1 saturated heterocycles. The van der Waals surface area contributed by atoms with Crippen molar-refractivity contribution in [3.63, 3.8) is 0 Å². The van der Waals surface area contributed by atoms with Gasteiger partial charge in [-0.2, -0.15) is 0 Å². The number of hydrogen-bond acceptors (Lipinski definition) is 4. The molecule has 1 aliphatic heterocycles. The van der Waals surface area contributed by atoms with Gasteiger partial charge in [0.25, 0.3) is 0 Å². The van der Waals surface area contributed by atoms with E-state index in [-0.39, 0.29) is 11.8 Å². The first kappa shape index (κ1) is 17.9. The summed E-state index contributed by atoms with van der Waals surface area (Å²) in [4.78, 5) is 23.8. The number of aryl methyl sites for hydroxylation is 3. The zero-order valence-electron chi connectivity index (χ0n) is 14.8. The minimum Gasteiger partial charge on any atom is -0.341 e. The fourth-order valence-electron chi connectivity index (χ4n) is 3.16. The van der Waals surface area contributed by atoms with Crippen molar-refractivity contribution in [1.29, 1.82) is 0 Å². The van der Waals surface area contributed by atoms with Crippen LogP contribution in [0.3, 0.4) is 0 Å². The molecule has 6 heteroatoms. The number of amides is 1. The van der Waals surface area contributed by atoms with Crippen molar-refractivity contribution in [2.24, 2.45) is 5.92 Å². The predicted octanol–water partition coefficient (Wildman–Crippen LogP) is 4.02. The first-order chi connectivity index (χ1) is 11.9. The number of benzene rings is 1. The molecule has 0 saturated carbocycles. The molecule has 2 heterocycles. The van der Waals surface area contributed by atoms with Crippen LogP contribution in [0.4, 0.5) is 11.6 Å². The van der Waals surface area contributed by atoms with Crippen molar-refractivity contribution in [2.45, 2.75) is 33.6 Å². The second-order valence-electron chi connectivity index (χ2n) is 6.67. The Morgan fingerprint density at radius 1 is 1.12 bits per heavy atom. The molecule has 0 spiro atoms. The first-order valence-corrected chi connectivity index (χ1v) is 9.36. The van der Waals surface area contributed by atoms with E-state index in [0.29, 0.717) is 0 Å². The maximum Gasteiger partial charge on any atom is 0.227 e. The van der Waals surface area contributed by atoms with Crippen LogP contribution in [0.2, 0.25) is 0 Å². The van der Waals surface area contributed by atoms with Crippen LogP contribution in [0.5, 0.6) is 0 Å². The number of carbonyl (C=O) groups excluding carboxylic acids is 1. The van der Waals surface area contributed by atoms with Crippen LogP contribution in [0.1, 0.15) is 29.8 Å². The number of aromatic nitrogens is 2. The Morgan fingerprint density at radius 3 is 2.36 bits per heavy atom. The summed E-state index contributed by atoms with van der Waals surface area (Å²) in [6, 6.07) is 7.85. The van der Waals surface area contributed by atoms with Crippen LogP contribution in [-0.2, 0) is 4.79 Å². The molecule has 0 bridgehead atoms. The molecule has 5 nitrogen and oxygen atoms in total. The average Bonchev–Trinajstić information content (AvgIpc) is 2.57. The Hall–Kier alpha value is -1.95. The number of halogens is 1. The molecule has 1 aliphatic rings. The summed E-state index contributed by atoms with van der Waals surface area (Å²) in [5.41, 5.74) is 3.92. The molecule has 1 fully saturated rings. The number of rotatable bonds is 3. The molecular formula is C19H23BrN4O. The maximum atomic E-state index is 12.5. The van der Waals surface area contributed by atoms with Crippen LogP contribution in [-0.4, -0.2) is 29.0 Å². The van der Waals surface area contributed by atoms with Crippen molar-refractivity contribution in [3.05, 3.63) is 45.7 Å². The third-order valence-corrected chi connectivity index (χ3v) is 5.43. The lowest BCUT2D eigenvalue weighted by Crippen LogP contribution is -2.39. The average molecular weight is 403 g/mol. The zero-order valence-corrected chi connectivity index (χ0v) is 16.4. The number of carbonyl (C=O) groups is 1. The van der Waals surface area contributed by atoms with Crippen molar-refractivity contribution in [2.75, 3.05) is 23.3 Å². The zero-order chi connectivity index (χ0) is 18.0. The van der Waals surface area contributed by atoms with E-state index in [4.69, 9.17) is 0 Å². The normalized spacial score (nSPS) is 15.3. The Morgan fingerprint density at radius 2 is 1.76 bits per heavy atom. The largest absolute Gasteiger partial charge is 0.341 e. The Bertz CT molecular complexity index is 765. The highest BCUT2D eigenvalue weighted by atomic mass is 79.9. The number of piperidine rings is 1. The summed E-state index contributed by atoms with van der Waals surface area (Å²) < 4.78 is 1.05. The van der Waals surface area contributed by atoms with E-state index >= 15 is 0 Å². The summed E-state index contributed by atoms with van der Waals surface area (Å²) in [6.45, 7) is 7.60. The van der Waals surface area contributed by atoms with Gasteiger partial charge in [-0.05, 0) is 63.4 Å². The van der Waals surface area contributed by atoms with Crippen molar-refractivity contribution in [1.82, 2.24) is 9.97 Å². The monoisotopic (exact) mass is 402 g/mol. The Balaban J connectivity index is 1.59. The van der Waals surface area contributed by atoms with E-state index in [2.05, 4.69) is 36.1 Å². The SMILES string of the molecule is Cc1cc(C)nc(N2CCC(C(=O)Nc3ccc(Br)c(C)c3)CC2)n1. The van der Waals surface area contributed by atoms with Gasteiger partial charge in [0.15, 0.2) is 0 Å². The fraction of sp³-hybridized carbons (Fsp3) is 0.421. The summed E-state index contributed by atoms with van der Waals surface area (Å²) in [5, 5.41) is 3.04. The maximum absolute atomic E-state index is 12.5. The summed E-state index contributed by atoms with van der Waals surface area (Å²) in [5.74, 6) is 0.911. The quantitative estimate of drug-likeness (QED) is 0.841. The second-order valence-corrected chi connectivity index (χ2v) is 7.52. The van der Waals surface area contributed by atoms with Gasteiger partial charge >= 0.3 is 0 Å².